The fourth-order valence-electron chi connectivity index (χ4n) is 3.70. The third-order valence-electron chi connectivity index (χ3n) is 5.24. The molecule has 0 radical (unpaired) electrons. The summed E-state index contributed by atoms with van der Waals surface area (Å²) < 4.78 is 41.1. The number of benzene rings is 1. The van der Waals surface area contributed by atoms with E-state index < -0.39 is 6.36 Å². The summed E-state index contributed by atoms with van der Waals surface area (Å²) in [6.07, 6.45) is 2.36. The number of nitrogens with one attached hydrogen (secondary N) is 1. The molecule has 1 N–H and O–H groups in total. The number of halogens is 3. The average molecular weight is 417 g/mol. The van der Waals surface area contributed by atoms with Gasteiger partial charge in [0, 0.05) is 54.7 Å². The third-order valence-corrected chi connectivity index (χ3v) is 5.24. The SMILES string of the molecule is CC1(C)CN(c2ccc(OC(F)(F)F)cc2)CN1Cc1ccncc1-c1ncc[nH]1. The van der Waals surface area contributed by atoms with Crippen molar-refractivity contribution < 1.29 is 17.9 Å². The number of aromatic amines is 1. The van der Waals surface area contributed by atoms with Gasteiger partial charge in [0.25, 0.3) is 0 Å². The number of alkyl halides is 3. The van der Waals surface area contributed by atoms with Crippen molar-refractivity contribution in [3.63, 3.8) is 0 Å². The van der Waals surface area contributed by atoms with Gasteiger partial charge in [-0.3, -0.25) is 9.88 Å². The number of ether oxygens (including phenoxy) is 1. The van der Waals surface area contributed by atoms with Gasteiger partial charge in [0.05, 0.1) is 6.67 Å². The van der Waals surface area contributed by atoms with Gasteiger partial charge in [-0.1, -0.05) is 0 Å². The predicted molar refractivity (Wildman–Crippen MR) is 107 cm³/mol. The zero-order chi connectivity index (χ0) is 21.4. The molecule has 1 saturated heterocycles. The number of anilines is 1. The average Bonchev–Trinajstić information content (AvgIpc) is 3.30. The zero-order valence-electron chi connectivity index (χ0n) is 16.6. The second kappa shape index (κ2) is 7.64. The van der Waals surface area contributed by atoms with Crippen LogP contribution < -0.4 is 9.64 Å². The summed E-state index contributed by atoms with van der Waals surface area (Å²) in [5, 5.41) is 0. The Morgan fingerprint density at radius 1 is 1.13 bits per heavy atom. The Labute approximate surface area is 172 Å². The lowest BCUT2D eigenvalue weighted by atomic mass is 10.0. The number of nitrogens with zero attached hydrogens (tertiary/aromatic N) is 4. The number of imidazole rings is 1. The topological polar surface area (TPSA) is 57.3 Å². The minimum absolute atomic E-state index is 0.134. The Morgan fingerprint density at radius 2 is 1.90 bits per heavy atom. The van der Waals surface area contributed by atoms with Crippen molar-refractivity contribution in [2.75, 3.05) is 18.1 Å². The van der Waals surface area contributed by atoms with Gasteiger partial charge in [-0.15, -0.1) is 13.2 Å². The van der Waals surface area contributed by atoms with Crippen molar-refractivity contribution in [1.82, 2.24) is 19.9 Å². The van der Waals surface area contributed by atoms with E-state index in [2.05, 4.69) is 43.3 Å². The van der Waals surface area contributed by atoms with Crippen LogP contribution in [0.15, 0.2) is 55.1 Å². The van der Waals surface area contributed by atoms with E-state index >= 15 is 0 Å². The highest BCUT2D eigenvalue weighted by Gasteiger charge is 2.37. The van der Waals surface area contributed by atoms with Crippen LogP contribution in [0.3, 0.4) is 0 Å². The zero-order valence-corrected chi connectivity index (χ0v) is 16.6. The van der Waals surface area contributed by atoms with Crippen molar-refractivity contribution in [1.29, 1.82) is 0 Å². The maximum atomic E-state index is 12.4. The van der Waals surface area contributed by atoms with Crippen LogP contribution in [0.1, 0.15) is 19.4 Å². The molecule has 0 aliphatic carbocycles. The molecule has 30 heavy (non-hydrogen) atoms. The first kappa shape index (κ1) is 20.2. The van der Waals surface area contributed by atoms with Crippen molar-refractivity contribution in [2.24, 2.45) is 0 Å². The Kier molecular flexibility index (Phi) is 5.15. The van der Waals surface area contributed by atoms with Crippen LogP contribution in [0, 0.1) is 0 Å². The molecular weight excluding hydrogens is 395 g/mol. The standard InChI is InChI=1S/C21H22F3N5O/c1-20(2)13-28(16-3-5-17(6-4-16)30-21(22,23)24)14-29(20)12-15-7-8-25-11-18(15)19-26-9-10-27-19/h3-11H,12-14H2,1-2H3,(H,26,27). The van der Waals surface area contributed by atoms with E-state index in [0.717, 1.165) is 29.2 Å². The number of H-pyrrole nitrogens is 1. The third kappa shape index (κ3) is 4.40. The summed E-state index contributed by atoms with van der Waals surface area (Å²) >= 11 is 0. The highest BCUT2D eigenvalue weighted by Crippen LogP contribution is 2.33. The largest absolute Gasteiger partial charge is 0.573 e. The smallest absolute Gasteiger partial charge is 0.406 e. The summed E-state index contributed by atoms with van der Waals surface area (Å²) in [6, 6.07) is 7.98. The minimum Gasteiger partial charge on any atom is -0.406 e. The molecule has 0 saturated carbocycles. The molecule has 158 valence electrons. The molecule has 0 unspecified atom stereocenters. The first-order valence-corrected chi connectivity index (χ1v) is 9.50. The first-order valence-electron chi connectivity index (χ1n) is 9.50. The molecule has 2 aromatic heterocycles. The molecule has 9 heteroatoms. The molecule has 0 spiro atoms. The van der Waals surface area contributed by atoms with Gasteiger partial charge in [-0.25, -0.2) is 4.98 Å². The first-order chi connectivity index (χ1) is 14.2. The fraction of sp³-hybridized carbons (Fsp3) is 0.333. The molecule has 1 aromatic carbocycles. The van der Waals surface area contributed by atoms with E-state index in [1.54, 1.807) is 36.9 Å². The molecule has 6 nitrogen and oxygen atoms in total. The minimum atomic E-state index is -4.69. The van der Waals surface area contributed by atoms with Gasteiger partial charge >= 0.3 is 6.36 Å². The quantitative estimate of drug-likeness (QED) is 0.666. The lowest BCUT2D eigenvalue weighted by Crippen LogP contribution is -2.39. The van der Waals surface area contributed by atoms with Crippen LogP contribution in [-0.2, 0) is 6.54 Å². The van der Waals surface area contributed by atoms with Crippen LogP contribution >= 0.6 is 0 Å². The Hall–Kier alpha value is -3.07. The summed E-state index contributed by atoms with van der Waals surface area (Å²) in [4.78, 5) is 16.2. The van der Waals surface area contributed by atoms with Crippen molar-refractivity contribution >= 4 is 5.69 Å². The van der Waals surface area contributed by atoms with E-state index in [1.807, 2.05) is 6.07 Å². The second-order valence-electron chi connectivity index (χ2n) is 7.86. The van der Waals surface area contributed by atoms with Crippen LogP contribution in [0.2, 0.25) is 0 Å². The fourth-order valence-corrected chi connectivity index (χ4v) is 3.70. The van der Waals surface area contributed by atoms with Gasteiger partial charge in [0.2, 0.25) is 0 Å². The molecule has 4 rings (SSSR count). The molecule has 0 amide bonds. The molecule has 0 bridgehead atoms. The molecular formula is C21H22F3N5O. The Balaban J connectivity index is 1.51. The summed E-state index contributed by atoms with van der Waals surface area (Å²) in [6.45, 7) is 6.39. The lowest BCUT2D eigenvalue weighted by Gasteiger charge is -2.30. The highest BCUT2D eigenvalue weighted by molar-refractivity contribution is 5.58. The van der Waals surface area contributed by atoms with Gasteiger partial charge < -0.3 is 14.6 Å². The van der Waals surface area contributed by atoms with Crippen LogP contribution in [0.4, 0.5) is 18.9 Å². The molecule has 3 heterocycles. The van der Waals surface area contributed by atoms with Gasteiger partial charge in [-0.05, 0) is 49.7 Å². The molecule has 0 atom stereocenters. The van der Waals surface area contributed by atoms with Crippen molar-refractivity contribution in [3.05, 3.63) is 60.7 Å². The number of aromatic nitrogens is 3. The maximum Gasteiger partial charge on any atom is 0.573 e. The lowest BCUT2D eigenvalue weighted by molar-refractivity contribution is -0.274. The summed E-state index contributed by atoms with van der Waals surface area (Å²) in [5.74, 6) is 0.550. The van der Waals surface area contributed by atoms with E-state index in [1.165, 1.54) is 12.1 Å². The van der Waals surface area contributed by atoms with Crippen molar-refractivity contribution in [3.8, 4) is 17.1 Å². The van der Waals surface area contributed by atoms with E-state index in [0.29, 0.717) is 13.2 Å². The normalized spacial score (nSPS) is 16.8. The van der Waals surface area contributed by atoms with Crippen LogP contribution in [0.5, 0.6) is 5.75 Å². The van der Waals surface area contributed by atoms with Crippen LogP contribution in [-0.4, -0.2) is 45.0 Å². The monoisotopic (exact) mass is 417 g/mol. The van der Waals surface area contributed by atoms with E-state index in [-0.39, 0.29) is 11.3 Å². The molecule has 1 fully saturated rings. The predicted octanol–water partition coefficient (Wildman–Crippen LogP) is 4.43. The Morgan fingerprint density at radius 3 is 2.57 bits per heavy atom. The molecule has 1 aliphatic heterocycles. The van der Waals surface area contributed by atoms with Gasteiger partial charge in [0.15, 0.2) is 0 Å². The summed E-state index contributed by atoms with van der Waals surface area (Å²) in [7, 11) is 0. The Bertz CT molecular complexity index is 987. The summed E-state index contributed by atoms with van der Waals surface area (Å²) in [5.41, 5.74) is 2.76. The molecule has 3 aromatic rings. The second-order valence-corrected chi connectivity index (χ2v) is 7.86. The van der Waals surface area contributed by atoms with Gasteiger partial charge in [-0.2, -0.15) is 0 Å². The highest BCUT2D eigenvalue weighted by atomic mass is 19.4. The molecule has 1 aliphatic rings. The maximum absolute atomic E-state index is 12.4. The van der Waals surface area contributed by atoms with Crippen molar-refractivity contribution in [2.45, 2.75) is 32.3 Å². The number of hydrogen-bond donors (Lipinski definition) is 1. The van der Waals surface area contributed by atoms with Crippen LogP contribution in [0.25, 0.3) is 11.4 Å². The van der Waals surface area contributed by atoms with Gasteiger partial charge in [0.1, 0.15) is 11.6 Å². The number of hydrogen-bond acceptors (Lipinski definition) is 5. The van der Waals surface area contributed by atoms with E-state index in [9.17, 15) is 13.2 Å². The number of pyridine rings is 1. The number of rotatable bonds is 5. The van der Waals surface area contributed by atoms with E-state index in [4.69, 9.17) is 0 Å².